The van der Waals surface area contributed by atoms with Gasteiger partial charge in [-0.2, -0.15) is 4.31 Å². The fourth-order valence-corrected chi connectivity index (χ4v) is 4.08. The minimum atomic E-state index is -3.41. The van der Waals surface area contributed by atoms with Gasteiger partial charge >= 0.3 is 0 Å². The van der Waals surface area contributed by atoms with Crippen molar-refractivity contribution in [3.63, 3.8) is 0 Å². The van der Waals surface area contributed by atoms with E-state index in [1.807, 2.05) is 25.1 Å². The molecule has 2 atom stereocenters. The maximum Gasteiger partial charge on any atom is 0.218 e. The first kappa shape index (κ1) is 15.4. The average molecular weight is 298 g/mol. The molecule has 0 amide bonds. The van der Waals surface area contributed by atoms with E-state index >= 15 is 0 Å². The molecule has 0 saturated carbocycles. The van der Waals surface area contributed by atoms with E-state index in [0.717, 1.165) is 11.1 Å². The third-order valence-corrected chi connectivity index (χ3v) is 5.75. The second-order valence-corrected chi connectivity index (χ2v) is 7.39. The van der Waals surface area contributed by atoms with Crippen LogP contribution in [0.4, 0.5) is 0 Å². The molecule has 1 aromatic carbocycles. The summed E-state index contributed by atoms with van der Waals surface area (Å²) in [5.41, 5.74) is 7.23. The van der Waals surface area contributed by atoms with Crippen molar-refractivity contribution in [1.82, 2.24) is 4.31 Å². The lowest BCUT2D eigenvalue weighted by molar-refractivity contribution is 0.0604. The normalized spacial score (nSPS) is 24.8. The smallest absolute Gasteiger partial charge is 0.218 e. The number of hydrogen-bond acceptors (Lipinski definition) is 4. The highest BCUT2D eigenvalue weighted by atomic mass is 32.2. The molecular weight excluding hydrogens is 276 g/mol. The molecule has 0 bridgehead atoms. The average Bonchev–Trinajstić information content (AvgIpc) is 2.42. The number of β-amino-alcohol motifs (C(OH)–C–C–N with tert-alkyl or cyclic N) is 1. The molecule has 1 aliphatic heterocycles. The fourth-order valence-electron chi connectivity index (χ4n) is 2.46. The van der Waals surface area contributed by atoms with Crippen LogP contribution in [-0.2, 0) is 22.3 Å². The van der Waals surface area contributed by atoms with Crippen molar-refractivity contribution in [2.24, 2.45) is 11.7 Å². The summed E-state index contributed by atoms with van der Waals surface area (Å²) in [5, 5.41) is 9.85. The van der Waals surface area contributed by atoms with Crippen molar-refractivity contribution in [3.05, 3.63) is 35.4 Å². The van der Waals surface area contributed by atoms with Gasteiger partial charge in [0.25, 0.3) is 0 Å². The van der Waals surface area contributed by atoms with Crippen LogP contribution in [0.3, 0.4) is 0 Å². The second-order valence-electron chi connectivity index (χ2n) is 5.42. The first-order valence-electron chi connectivity index (χ1n) is 6.87. The van der Waals surface area contributed by atoms with E-state index in [1.165, 1.54) is 4.31 Å². The van der Waals surface area contributed by atoms with Gasteiger partial charge in [-0.05, 0) is 23.5 Å². The van der Waals surface area contributed by atoms with Crippen LogP contribution in [0.5, 0.6) is 0 Å². The lowest BCUT2D eigenvalue weighted by Crippen LogP contribution is -2.46. The minimum absolute atomic E-state index is 0.0541. The molecule has 6 heteroatoms. The molecular formula is C14H22N2O3S. The van der Waals surface area contributed by atoms with E-state index in [2.05, 4.69) is 0 Å². The number of benzene rings is 1. The van der Waals surface area contributed by atoms with Gasteiger partial charge in [-0.15, -0.1) is 0 Å². The van der Waals surface area contributed by atoms with Gasteiger partial charge in [-0.3, -0.25) is 0 Å². The maximum atomic E-state index is 12.4. The van der Waals surface area contributed by atoms with Crippen molar-refractivity contribution < 1.29 is 13.5 Å². The molecule has 1 aliphatic rings. The van der Waals surface area contributed by atoms with Crippen LogP contribution in [0.15, 0.2) is 24.3 Å². The van der Waals surface area contributed by atoms with Gasteiger partial charge in [-0.1, -0.05) is 31.2 Å². The van der Waals surface area contributed by atoms with Crippen molar-refractivity contribution in [1.29, 1.82) is 0 Å². The van der Waals surface area contributed by atoms with Crippen LogP contribution in [0.25, 0.3) is 0 Å². The van der Waals surface area contributed by atoms with Crippen molar-refractivity contribution >= 4 is 10.0 Å². The van der Waals surface area contributed by atoms with Gasteiger partial charge < -0.3 is 10.8 Å². The van der Waals surface area contributed by atoms with Gasteiger partial charge in [-0.25, -0.2) is 8.42 Å². The molecule has 112 valence electrons. The van der Waals surface area contributed by atoms with Crippen molar-refractivity contribution in [3.8, 4) is 0 Å². The SMILES string of the molecule is CC1CCN(S(=O)(=O)Cc2ccccc2CN)CC1O. The van der Waals surface area contributed by atoms with E-state index < -0.39 is 16.1 Å². The number of piperidine rings is 1. The first-order chi connectivity index (χ1) is 9.44. The molecule has 1 aromatic rings. The number of sulfonamides is 1. The van der Waals surface area contributed by atoms with Crippen LogP contribution in [0.1, 0.15) is 24.5 Å². The summed E-state index contributed by atoms with van der Waals surface area (Å²) in [6.07, 6.45) is 0.113. The molecule has 3 N–H and O–H groups in total. The van der Waals surface area contributed by atoms with Crippen LogP contribution in [-0.4, -0.2) is 37.0 Å². The summed E-state index contributed by atoms with van der Waals surface area (Å²) in [6, 6.07) is 7.31. The first-order valence-corrected chi connectivity index (χ1v) is 8.47. The van der Waals surface area contributed by atoms with Gasteiger partial charge in [0.2, 0.25) is 10.0 Å². The zero-order valence-electron chi connectivity index (χ0n) is 11.7. The van der Waals surface area contributed by atoms with Gasteiger partial charge in [0.15, 0.2) is 0 Å². The number of nitrogens with two attached hydrogens (primary N) is 1. The molecule has 1 fully saturated rings. The predicted octanol–water partition coefficient (Wildman–Crippen LogP) is 0.678. The van der Waals surface area contributed by atoms with E-state index in [-0.39, 0.29) is 18.2 Å². The van der Waals surface area contributed by atoms with E-state index in [1.54, 1.807) is 6.07 Å². The van der Waals surface area contributed by atoms with E-state index in [4.69, 9.17) is 5.73 Å². The van der Waals surface area contributed by atoms with Crippen molar-refractivity contribution in [2.45, 2.75) is 31.7 Å². The second kappa shape index (κ2) is 6.22. The highest BCUT2D eigenvalue weighted by Gasteiger charge is 2.31. The topological polar surface area (TPSA) is 83.6 Å². The molecule has 0 radical (unpaired) electrons. The molecule has 0 aromatic heterocycles. The molecule has 1 saturated heterocycles. The summed E-state index contributed by atoms with van der Waals surface area (Å²) in [7, 11) is -3.41. The van der Waals surface area contributed by atoms with Crippen LogP contribution >= 0.6 is 0 Å². The number of rotatable bonds is 4. The Kier molecular flexibility index (Phi) is 4.80. The Balaban J connectivity index is 2.15. The third-order valence-electron chi connectivity index (χ3n) is 3.95. The summed E-state index contributed by atoms with van der Waals surface area (Å²) in [6.45, 7) is 2.93. The van der Waals surface area contributed by atoms with Gasteiger partial charge in [0.05, 0.1) is 11.9 Å². The Morgan fingerprint density at radius 1 is 1.35 bits per heavy atom. The summed E-state index contributed by atoms with van der Waals surface area (Å²) >= 11 is 0. The summed E-state index contributed by atoms with van der Waals surface area (Å²) < 4.78 is 26.3. The molecule has 0 aliphatic carbocycles. The zero-order chi connectivity index (χ0) is 14.8. The van der Waals surface area contributed by atoms with Crippen molar-refractivity contribution in [2.75, 3.05) is 13.1 Å². The Morgan fingerprint density at radius 3 is 2.60 bits per heavy atom. The maximum absolute atomic E-state index is 12.4. The zero-order valence-corrected chi connectivity index (χ0v) is 12.5. The third kappa shape index (κ3) is 3.38. The van der Waals surface area contributed by atoms with Crippen LogP contribution in [0, 0.1) is 5.92 Å². The Labute approximate surface area is 120 Å². The molecule has 5 nitrogen and oxygen atoms in total. The van der Waals surface area contributed by atoms with Crippen LogP contribution in [0.2, 0.25) is 0 Å². The number of aliphatic hydroxyl groups excluding tert-OH is 1. The standard InChI is InChI=1S/C14H22N2O3S/c1-11-6-7-16(9-14(11)17)20(18,19)10-13-5-3-2-4-12(13)8-15/h2-5,11,14,17H,6-10,15H2,1H3. The molecule has 1 heterocycles. The monoisotopic (exact) mass is 298 g/mol. The minimum Gasteiger partial charge on any atom is -0.391 e. The quantitative estimate of drug-likeness (QED) is 0.856. The molecule has 2 rings (SSSR count). The summed E-state index contributed by atoms with van der Waals surface area (Å²) in [4.78, 5) is 0. The largest absolute Gasteiger partial charge is 0.391 e. The lowest BCUT2D eigenvalue weighted by Gasteiger charge is -2.33. The van der Waals surface area contributed by atoms with Gasteiger partial charge in [0.1, 0.15) is 0 Å². The number of hydrogen-bond donors (Lipinski definition) is 2. The summed E-state index contributed by atoms with van der Waals surface area (Å²) in [5.74, 6) is 0.0966. The molecule has 0 spiro atoms. The predicted molar refractivity (Wildman–Crippen MR) is 78.3 cm³/mol. The highest BCUT2D eigenvalue weighted by molar-refractivity contribution is 7.88. The highest BCUT2D eigenvalue weighted by Crippen LogP contribution is 2.22. The number of aliphatic hydroxyl groups is 1. The molecule has 20 heavy (non-hydrogen) atoms. The van der Waals surface area contributed by atoms with Crippen LogP contribution < -0.4 is 5.73 Å². The Hall–Kier alpha value is -0.950. The number of nitrogens with zero attached hydrogens (tertiary/aromatic N) is 1. The van der Waals surface area contributed by atoms with Gasteiger partial charge in [0, 0.05) is 19.6 Å². The lowest BCUT2D eigenvalue weighted by atomic mass is 9.98. The Bertz CT molecular complexity index is 559. The molecule has 2 unspecified atom stereocenters. The van der Waals surface area contributed by atoms with E-state index in [0.29, 0.717) is 19.5 Å². The fraction of sp³-hybridized carbons (Fsp3) is 0.571. The Morgan fingerprint density at radius 2 is 2.00 bits per heavy atom. The van der Waals surface area contributed by atoms with E-state index in [9.17, 15) is 13.5 Å².